The first-order chi connectivity index (χ1) is 10.5. The van der Waals surface area contributed by atoms with Gasteiger partial charge in [0.1, 0.15) is 11.5 Å². The van der Waals surface area contributed by atoms with Gasteiger partial charge in [0.15, 0.2) is 0 Å². The van der Waals surface area contributed by atoms with E-state index < -0.39 is 11.9 Å². The predicted octanol–water partition coefficient (Wildman–Crippen LogP) is 2.35. The van der Waals surface area contributed by atoms with E-state index in [9.17, 15) is 9.59 Å². The second-order valence-electron chi connectivity index (χ2n) is 5.07. The first kappa shape index (κ1) is 15.6. The van der Waals surface area contributed by atoms with Crippen LogP contribution < -0.4 is 16.2 Å². The molecule has 0 spiro atoms. The SMILES string of the molecule is Cc1ccc(CNC(=O)NNC(=O)c2cc(C)oc2C)cc1. The standard InChI is InChI=1S/C16H19N3O3/c1-10-4-6-13(7-5-10)9-17-16(21)19-18-15(20)14-8-11(2)22-12(14)3/h4-8H,9H2,1-3H3,(H,18,20)(H2,17,19,21). The minimum atomic E-state index is -0.480. The molecule has 3 N–H and O–H groups in total. The molecule has 1 aromatic carbocycles. The van der Waals surface area contributed by atoms with E-state index in [-0.39, 0.29) is 0 Å². The molecule has 0 saturated heterocycles. The second kappa shape index (κ2) is 6.80. The molecular weight excluding hydrogens is 282 g/mol. The van der Waals surface area contributed by atoms with Gasteiger partial charge >= 0.3 is 6.03 Å². The van der Waals surface area contributed by atoms with Gasteiger partial charge in [-0.25, -0.2) is 10.2 Å². The lowest BCUT2D eigenvalue weighted by molar-refractivity contribution is 0.0934. The molecule has 0 aliphatic rings. The summed E-state index contributed by atoms with van der Waals surface area (Å²) >= 11 is 0. The lowest BCUT2D eigenvalue weighted by Crippen LogP contribution is -2.46. The summed E-state index contributed by atoms with van der Waals surface area (Å²) in [5.41, 5.74) is 7.18. The number of nitrogens with one attached hydrogen (secondary N) is 3. The third-order valence-electron chi connectivity index (χ3n) is 3.15. The fraction of sp³-hybridized carbons (Fsp3) is 0.250. The zero-order chi connectivity index (χ0) is 16.1. The van der Waals surface area contributed by atoms with Gasteiger partial charge < -0.3 is 9.73 Å². The Hall–Kier alpha value is -2.76. The number of urea groups is 1. The number of amides is 3. The van der Waals surface area contributed by atoms with Crippen LogP contribution in [0.2, 0.25) is 0 Å². The Bertz CT molecular complexity index is 674. The molecule has 1 aromatic heterocycles. The van der Waals surface area contributed by atoms with Crippen LogP contribution in [0, 0.1) is 20.8 Å². The molecule has 6 heteroatoms. The van der Waals surface area contributed by atoms with Crippen molar-refractivity contribution in [2.24, 2.45) is 0 Å². The molecule has 22 heavy (non-hydrogen) atoms. The first-order valence-corrected chi connectivity index (χ1v) is 6.92. The van der Waals surface area contributed by atoms with E-state index in [0.717, 1.165) is 11.1 Å². The molecule has 2 rings (SSSR count). The number of rotatable bonds is 3. The van der Waals surface area contributed by atoms with Gasteiger partial charge in [0.25, 0.3) is 5.91 Å². The molecule has 1 heterocycles. The molecule has 0 saturated carbocycles. The van der Waals surface area contributed by atoms with Crippen LogP contribution in [0.3, 0.4) is 0 Å². The average Bonchev–Trinajstić information content (AvgIpc) is 2.83. The summed E-state index contributed by atoms with van der Waals surface area (Å²) < 4.78 is 5.27. The number of carbonyl (C=O) groups excluding carboxylic acids is 2. The Morgan fingerprint density at radius 2 is 1.73 bits per heavy atom. The fourth-order valence-electron chi connectivity index (χ4n) is 1.97. The summed E-state index contributed by atoms with van der Waals surface area (Å²) in [5.74, 6) is 0.739. The third kappa shape index (κ3) is 4.12. The molecule has 0 radical (unpaired) electrons. The van der Waals surface area contributed by atoms with Crippen molar-refractivity contribution in [1.82, 2.24) is 16.2 Å². The van der Waals surface area contributed by atoms with Crippen molar-refractivity contribution in [2.75, 3.05) is 0 Å². The lowest BCUT2D eigenvalue weighted by atomic mass is 10.1. The Balaban J connectivity index is 1.79. The van der Waals surface area contributed by atoms with Crippen molar-refractivity contribution in [1.29, 1.82) is 0 Å². The monoisotopic (exact) mass is 301 g/mol. The van der Waals surface area contributed by atoms with Crippen molar-refractivity contribution in [3.05, 3.63) is 58.5 Å². The van der Waals surface area contributed by atoms with Crippen molar-refractivity contribution in [2.45, 2.75) is 27.3 Å². The average molecular weight is 301 g/mol. The van der Waals surface area contributed by atoms with Crippen LogP contribution in [-0.4, -0.2) is 11.9 Å². The third-order valence-corrected chi connectivity index (χ3v) is 3.15. The maximum atomic E-state index is 11.9. The smallest absolute Gasteiger partial charge is 0.333 e. The van der Waals surface area contributed by atoms with E-state index in [1.807, 2.05) is 31.2 Å². The maximum absolute atomic E-state index is 11.9. The lowest BCUT2D eigenvalue weighted by Gasteiger charge is -2.09. The topological polar surface area (TPSA) is 83.4 Å². The Morgan fingerprint density at radius 3 is 2.32 bits per heavy atom. The summed E-state index contributed by atoms with van der Waals surface area (Å²) in [5, 5.41) is 2.66. The number of hydrogen-bond acceptors (Lipinski definition) is 3. The molecule has 0 bridgehead atoms. The van der Waals surface area contributed by atoms with Gasteiger partial charge in [-0.15, -0.1) is 0 Å². The Kier molecular flexibility index (Phi) is 4.83. The highest BCUT2D eigenvalue weighted by Crippen LogP contribution is 2.12. The highest BCUT2D eigenvalue weighted by atomic mass is 16.3. The quantitative estimate of drug-likeness (QED) is 0.761. The molecule has 2 aromatic rings. The number of hydrogen-bond donors (Lipinski definition) is 3. The summed E-state index contributed by atoms with van der Waals surface area (Å²) in [4.78, 5) is 23.5. The zero-order valence-corrected chi connectivity index (χ0v) is 12.8. The molecule has 0 aliphatic carbocycles. The Morgan fingerprint density at radius 1 is 1.05 bits per heavy atom. The normalized spacial score (nSPS) is 10.1. The molecule has 3 amide bonds. The van der Waals surface area contributed by atoms with Crippen LogP contribution in [0.4, 0.5) is 4.79 Å². The van der Waals surface area contributed by atoms with Gasteiger partial charge in [0, 0.05) is 6.54 Å². The van der Waals surface area contributed by atoms with Crippen LogP contribution in [0.25, 0.3) is 0 Å². The number of benzene rings is 1. The second-order valence-corrected chi connectivity index (χ2v) is 5.07. The van der Waals surface area contributed by atoms with Crippen LogP contribution in [-0.2, 0) is 6.54 Å². The summed E-state index contributed by atoms with van der Waals surface area (Å²) in [7, 11) is 0. The van der Waals surface area contributed by atoms with E-state index in [1.54, 1.807) is 19.9 Å². The van der Waals surface area contributed by atoms with Gasteiger partial charge in [-0.2, -0.15) is 0 Å². The van der Waals surface area contributed by atoms with Gasteiger partial charge in [-0.05, 0) is 32.4 Å². The Labute approximate surface area is 128 Å². The highest BCUT2D eigenvalue weighted by Gasteiger charge is 2.13. The van der Waals surface area contributed by atoms with E-state index in [1.165, 1.54) is 0 Å². The van der Waals surface area contributed by atoms with Gasteiger partial charge in [-0.3, -0.25) is 10.2 Å². The molecule has 6 nitrogen and oxygen atoms in total. The van der Waals surface area contributed by atoms with Crippen molar-refractivity contribution >= 4 is 11.9 Å². The number of furan rings is 1. The molecule has 0 atom stereocenters. The summed E-state index contributed by atoms with van der Waals surface area (Å²) in [6, 6.07) is 8.96. The number of aryl methyl sites for hydroxylation is 3. The summed E-state index contributed by atoms with van der Waals surface area (Å²) in [6.07, 6.45) is 0. The molecule has 116 valence electrons. The molecule has 0 unspecified atom stereocenters. The van der Waals surface area contributed by atoms with Crippen LogP contribution in [0.1, 0.15) is 33.0 Å². The van der Waals surface area contributed by atoms with E-state index in [2.05, 4.69) is 16.2 Å². The van der Waals surface area contributed by atoms with Crippen molar-refractivity contribution in [3.63, 3.8) is 0 Å². The molecule has 0 fully saturated rings. The van der Waals surface area contributed by atoms with Gasteiger partial charge in [0.05, 0.1) is 5.56 Å². The summed E-state index contributed by atoms with van der Waals surface area (Å²) in [6.45, 7) is 5.83. The minimum Gasteiger partial charge on any atom is -0.466 e. The number of carbonyl (C=O) groups is 2. The largest absolute Gasteiger partial charge is 0.466 e. The van der Waals surface area contributed by atoms with E-state index in [0.29, 0.717) is 23.6 Å². The van der Waals surface area contributed by atoms with Crippen molar-refractivity contribution in [3.8, 4) is 0 Å². The van der Waals surface area contributed by atoms with Gasteiger partial charge in [0.2, 0.25) is 0 Å². The molecule has 0 aliphatic heterocycles. The van der Waals surface area contributed by atoms with Gasteiger partial charge in [-0.1, -0.05) is 29.8 Å². The maximum Gasteiger partial charge on any atom is 0.333 e. The molecular formula is C16H19N3O3. The van der Waals surface area contributed by atoms with Crippen LogP contribution in [0.5, 0.6) is 0 Å². The van der Waals surface area contributed by atoms with Crippen molar-refractivity contribution < 1.29 is 14.0 Å². The van der Waals surface area contributed by atoms with Crippen LogP contribution in [0.15, 0.2) is 34.7 Å². The fourth-order valence-corrected chi connectivity index (χ4v) is 1.97. The minimum absolute atomic E-state index is 0.381. The highest BCUT2D eigenvalue weighted by molar-refractivity contribution is 5.96. The number of hydrazine groups is 1. The van der Waals surface area contributed by atoms with E-state index >= 15 is 0 Å². The zero-order valence-electron chi connectivity index (χ0n) is 12.8. The first-order valence-electron chi connectivity index (χ1n) is 6.92. The van der Waals surface area contributed by atoms with E-state index in [4.69, 9.17) is 4.42 Å². The van der Waals surface area contributed by atoms with Crippen LogP contribution >= 0.6 is 0 Å². The predicted molar refractivity (Wildman–Crippen MR) is 82.2 cm³/mol.